The molecule has 2 aliphatic rings. The van der Waals surface area contributed by atoms with Gasteiger partial charge in [0, 0.05) is 18.8 Å². The van der Waals surface area contributed by atoms with Crippen molar-refractivity contribution in [1.82, 2.24) is 5.32 Å². The smallest absolute Gasteiger partial charge is 0.302 e. The summed E-state index contributed by atoms with van der Waals surface area (Å²) in [5.41, 5.74) is -3.07. The summed E-state index contributed by atoms with van der Waals surface area (Å²) in [5.74, 6) is -3.92. The Kier molecular flexibility index (Phi) is 5.09. The van der Waals surface area contributed by atoms with Gasteiger partial charge in [-0.1, -0.05) is 24.4 Å². The average Bonchev–Trinajstić information content (AvgIpc) is 2.66. The van der Waals surface area contributed by atoms with Crippen LogP contribution in [0.2, 0.25) is 0 Å². The van der Waals surface area contributed by atoms with E-state index >= 15 is 8.78 Å². The molecule has 7 heteroatoms. The Bertz CT molecular complexity index is 704. The van der Waals surface area contributed by atoms with Crippen molar-refractivity contribution in [1.29, 1.82) is 0 Å². The zero-order valence-electron chi connectivity index (χ0n) is 15.2. The monoisotopic (exact) mass is 387 g/mol. The molecule has 1 unspecified atom stereocenters. The molecule has 3 nitrogen and oxygen atoms in total. The highest BCUT2D eigenvalue weighted by Gasteiger charge is 2.64. The van der Waals surface area contributed by atoms with E-state index in [1.165, 1.54) is 26.8 Å². The first-order valence-electron chi connectivity index (χ1n) is 8.79. The third kappa shape index (κ3) is 3.14. The van der Waals surface area contributed by atoms with Crippen molar-refractivity contribution in [3.8, 4) is 0 Å². The van der Waals surface area contributed by atoms with Crippen molar-refractivity contribution in [3.05, 3.63) is 35.1 Å². The van der Waals surface area contributed by atoms with Gasteiger partial charge in [-0.05, 0) is 51.2 Å². The Labute approximate surface area is 157 Å². The number of hydrogen-bond acceptors (Lipinski definition) is 3. The third-order valence-electron chi connectivity index (χ3n) is 5.56. The van der Waals surface area contributed by atoms with Crippen LogP contribution in [0.1, 0.15) is 50.7 Å². The molecule has 1 atom stereocenters. The maximum absolute atomic E-state index is 15.5. The molecule has 2 saturated heterocycles. The van der Waals surface area contributed by atoms with Gasteiger partial charge in [-0.3, -0.25) is 0 Å². The normalized spacial score (nSPS) is 29.1. The van der Waals surface area contributed by atoms with Crippen molar-refractivity contribution in [2.24, 2.45) is 0 Å². The summed E-state index contributed by atoms with van der Waals surface area (Å²) in [6, 6.07) is 4.49. The number of nitrogens with one attached hydrogen (secondary N) is 1. The first-order valence-corrected chi connectivity index (χ1v) is 9.20. The zero-order chi connectivity index (χ0) is 19.2. The summed E-state index contributed by atoms with van der Waals surface area (Å²) in [6.45, 7) is 5.01. The fourth-order valence-corrected chi connectivity index (χ4v) is 4.04. The lowest BCUT2D eigenvalue weighted by molar-refractivity contribution is -0.216. The van der Waals surface area contributed by atoms with Gasteiger partial charge >= 0.3 is 5.92 Å². The van der Waals surface area contributed by atoms with Gasteiger partial charge in [0.25, 0.3) is 0 Å². The van der Waals surface area contributed by atoms with Crippen molar-refractivity contribution in [2.45, 2.75) is 56.6 Å². The number of thiocarbonyl (C=S) groups is 1. The quantitative estimate of drug-likeness (QED) is 0.767. The molecule has 144 valence electrons. The lowest BCUT2D eigenvalue weighted by Crippen LogP contribution is -2.62. The molecule has 0 saturated carbocycles. The van der Waals surface area contributed by atoms with Crippen LogP contribution in [0.4, 0.5) is 13.2 Å². The molecule has 1 aromatic carbocycles. The predicted octanol–water partition coefficient (Wildman–Crippen LogP) is 4.30. The van der Waals surface area contributed by atoms with Crippen LogP contribution in [0.3, 0.4) is 0 Å². The molecule has 0 spiro atoms. The molecular weight excluding hydrogens is 363 g/mol. The molecule has 0 amide bonds. The topological polar surface area (TPSA) is 30.5 Å². The van der Waals surface area contributed by atoms with Crippen LogP contribution in [0.5, 0.6) is 0 Å². The van der Waals surface area contributed by atoms with Crippen molar-refractivity contribution >= 4 is 17.2 Å². The maximum atomic E-state index is 15.5. The second-order valence-electron chi connectivity index (χ2n) is 7.67. The van der Waals surface area contributed by atoms with Gasteiger partial charge in [-0.25, -0.2) is 13.2 Å². The molecule has 2 aliphatic heterocycles. The Balaban J connectivity index is 2.10. The van der Waals surface area contributed by atoms with Crippen LogP contribution in [-0.2, 0) is 15.0 Å². The Morgan fingerprint density at radius 3 is 2.46 bits per heavy atom. The summed E-state index contributed by atoms with van der Waals surface area (Å²) in [6.07, 6.45) is 1.58. The minimum Gasteiger partial charge on any atom is -0.381 e. The van der Waals surface area contributed by atoms with E-state index in [4.69, 9.17) is 21.7 Å². The zero-order valence-corrected chi connectivity index (χ0v) is 16.0. The molecule has 0 bridgehead atoms. The highest BCUT2D eigenvalue weighted by Crippen LogP contribution is 2.48. The Morgan fingerprint density at radius 2 is 1.81 bits per heavy atom. The first kappa shape index (κ1) is 19.6. The molecule has 1 N–H and O–H groups in total. The molecule has 26 heavy (non-hydrogen) atoms. The van der Waals surface area contributed by atoms with E-state index in [1.807, 2.05) is 0 Å². The van der Waals surface area contributed by atoms with Crippen LogP contribution < -0.4 is 5.32 Å². The van der Waals surface area contributed by atoms with Crippen molar-refractivity contribution in [2.75, 3.05) is 19.8 Å². The maximum Gasteiger partial charge on any atom is 0.302 e. The number of rotatable bonds is 2. The van der Waals surface area contributed by atoms with Crippen LogP contribution in [0.15, 0.2) is 18.2 Å². The molecule has 3 rings (SSSR count). The highest BCUT2D eigenvalue weighted by atomic mass is 32.1. The van der Waals surface area contributed by atoms with Gasteiger partial charge in [-0.15, -0.1) is 0 Å². The fraction of sp³-hybridized carbons (Fsp3) is 0.632. The van der Waals surface area contributed by atoms with E-state index < -0.39 is 22.9 Å². The molecule has 2 fully saturated rings. The van der Waals surface area contributed by atoms with Crippen LogP contribution in [-0.4, -0.2) is 36.3 Å². The van der Waals surface area contributed by atoms with E-state index in [2.05, 4.69) is 5.32 Å². The van der Waals surface area contributed by atoms with Gasteiger partial charge < -0.3 is 14.8 Å². The van der Waals surface area contributed by atoms with Crippen LogP contribution in [0, 0.1) is 5.82 Å². The van der Waals surface area contributed by atoms with Gasteiger partial charge in [0.15, 0.2) is 0 Å². The number of halogens is 3. The summed E-state index contributed by atoms with van der Waals surface area (Å²) in [5, 5.41) is 2.68. The molecule has 2 heterocycles. The van der Waals surface area contributed by atoms with E-state index in [0.717, 1.165) is 18.4 Å². The van der Waals surface area contributed by atoms with Crippen LogP contribution >= 0.6 is 12.2 Å². The molecule has 0 radical (unpaired) electrons. The first-order chi connectivity index (χ1) is 12.1. The minimum atomic E-state index is -3.41. The number of benzene rings is 1. The number of alkyl halides is 2. The van der Waals surface area contributed by atoms with E-state index in [1.54, 1.807) is 12.1 Å². The van der Waals surface area contributed by atoms with E-state index in [-0.39, 0.29) is 23.1 Å². The largest absolute Gasteiger partial charge is 0.381 e. The summed E-state index contributed by atoms with van der Waals surface area (Å²) >= 11 is 5.14. The van der Waals surface area contributed by atoms with Gasteiger partial charge in [0.2, 0.25) is 0 Å². The van der Waals surface area contributed by atoms with Crippen molar-refractivity contribution < 1.29 is 22.6 Å². The second-order valence-corrected chi connectivity index (χ2v) is 8.17. The average molecular weight is 387 g/mol. The minimum absolute atomic E-state index is 0.0904. The van der Waals surface area contributed by atoms with E-state index in [0.29, 0.717) is 13.2 Å². The van der Waals surface area contributed by atoms with Gasteiger partial charge in [-0.2, -0.15) is 0 Å². The number of hydrogen-bond donors (Lipinski definition) is 1. The molecule has 0 aromatic heterocycles. The molecule has 0 aliphatic carbocycles. The fourth-order valence-electron chi connectivity index (χ4n) is 3.78. The van der Waals surface area contributed by atoms with Crippen molar-refractivity contribution in [3.63, 3.8) is 0 Å². The summed E-state index contributed by atoms with van der Waals surface area (Å²) < 4.78 is 56.4. The lowest BCUT2D eigenvalue weighted by atomic mass is 9.76. The van der Waals surface area contributed by atoms with Gasteiger partial charge in [0.1, 0.15) is 21.9 Å². The van der Waals surface area contributed by atoms with Gasteiger partial charge in [0.05, 0.1) is 6.61 Å². The van der Waals surface area contributed by atoms with Crippen LogP contribution in [0.25, 0.3) is 0 Å². The molecular formula is C19H24F3NO2S. The SMILES string of the molecule is CC1(C)OCC(=S)NC(C)(c2cc(C3CCOCC3)ccc2F)C1(F)F. The Hall–Kier alpha value is -1.18. The standard InChI is InChI=1S/C19H24F3NO2S/c1-17(2)19(21,22)18(3,23-16(26)11-25-17)14-10-13(4-5-15(14)20)12-6-8-24-9-7-12/h4-5,10,12H,6-9,11H2,1-3H3,(H,23,26). The lowest BCUT2D eigenvalue weighted by Gasteiger charge is -2.44. The third-order valence-corrected chi connectivity index (χ3v) is 5.78. The summed E-state index contributed by atoms with van der Waals surface area (Å²) in [4.78, 5) is 0.133. The number of ether oxygens (including phenoxy) is 2. The second kappa shape index (κ2) is 6.77. The molecule has 1 aromatic rings. The van der Waals surface area contributed by atoms with E-state index in [9.17, 15) is 4.39 Å². The Morgan fingerprint density at radius 1 is 1.15 bits per heavy atom. The summed E-state index contributed by atoms with van der Waals surface area (Å²) in [7, 11) is 0. The highest BCUT2D eigenvalue weighted by molar-refractivity contribution is 7.80. The predicted molar refractivity (Wildman–Crippen MR) is 97.3 cm³/mol.